The average molecular weight is 399 g/mol. The highest BCUT2D eigenvalue weighted by Gasteiger charge is 2.37. The summed E-state index contributed by atoms with van der Waals surface area (Å²) in [5, 5.41) is 0. The maximum atomic E-state index is 12.4. The second kappa shape index (κ2) is 7.01. The fraction of sp³-hybridized carbons (Fsp3) is 0.100. The first kappa shape index (κ1) is 18.6. The number of alkyl halides is 3. The molecule has 1 amide bonds. The van der Waals surface area contributed by atoms with Gasteiger partial charge in [-0.25, -0.2) is 9.97 Å². The van der Waals surface area contributed by atoms with Crippen LogP contribution in [0.1, 0.15) is 15.9 Å². The van der Waals surface area contributed by atoms with E-state index in [1.807, 2.05) is 12.1 Å². The number of rotatable bonds is 4. The number of nitrogens with zero attached hydrogens (tertiary/aromatic N) is 3. The predicted octanol–water partition coefficient (Wildman–Crippen LogP) is 3.77. The van der Waals surface area contributed by atoms with Crippen LogP contribution in [0.3, 0.4) is 0 Å². The zero-order valence-corrected chi connectivity index (χ0v) is 14.7. The van der Waals surface area contributed by atoms with Crippen molar-refractivity contribution < 1.29 is 27.5 Å². The Labute approximate surface area is 162 Å². The summed E-state index contributed by atoms with van der Waals surface area (Å²) < 4.78 is 41.0. The highest BCUT2D eigenvalue weighted by Crippen LogP contribution is 2.35. The summed E-state index contributed by atoms with van der Waals surface area (Å²) in [4.78, 5) is 33.7. The Hall–Kier alpha value is -3.75. The standard InChI is InChI=1S/C20H12F3N3O3/c21-20(22,23)29-15-5-6-17-16(7-15)18(27)19(28)26(17)10-12-1-3-13(4-2-12)14-8-24-11-25-9-14/h1-9,11H,10H2. The van der Waals surface area contributed by atoms with Crippen LogP contribution in [0.15, 0.2) is 61.2 Å². The van der Waals surface area contributed by atoms with E-state index in [1.165, 1.54) is 17.3 Å². The zero-order chi connectivity index (χ0) is 20.6. The van der Waals surface area contributed by atoms with E-state index in [0.29, 0.717) is 0 Å². The molecule has 0 unspecified atom stereocenters. The lowest BCUT2D eigenvalue weighted by Gasteiger charge is -2.17. The third kappa shape index (κ3) is 3.79. The van der Waals surface area contributed by atoms with Crippen LogP contribution in [0, 0.1) is 0 Å². The molecule has 0 atom stereocenters. The SMILES string of the molecule is O=C1C(=O)N(Cc2ccc(-c3cncnc3)cc2)c2ccc(OC(F)(F)F)cc21. The second-order valence-electron chi connectivity index (χ2n) is 6.27. The first-order chi connectivity index (χ1) is 13.8. The fourth-order valence-electron chi connectivity index (χ4n) is 3.07. The molecule has 0 bridgehead atoms. The molecule has 29 heavy (non-hydrogen) atoms. The highest BCUT2D eigenvalue weighted by atomic mass is 19.4. The molecule has 9 heteroatoms. The number of aromatic nitrogens is 2. The van der Waals surface area contributed by atoms with Crippen molar-refractivity contribution in [1.29, 1.82) is 0 Å². The van der Waals surface area contributed by atoms with E-state index in [2.05, 4.69) is 14.7 Å². The van der Waals surface area contributed by atoms with Crippen LogP contribution < -0.4 is 9.64 Å². The quantitative estimate of drug-likeness (QED) is 0.625. The van der Waals surface area contributed by atoms with Gasteiger partial charge in [0.15, 0.2) is 0 Å². The maximum Gasteiger partial charge on any atom is 0.573 e. The molecule has 1 aliphatic heterocycles. The number of ketones is 1. The molecule has 2 heterocycles. The molecule has 1 aliphatic rings. The number of amides is 1. The van der Waals surface area contributed by atoms with Crippen LogP contribution in [0.2, 0.25) is 0 Å². The van der Waals surface area contributed by atoms with Crippen LogP contribution in [-0.2, 0) is 11.3 Å². The van der Waals surface area contributed by atoms with Gasteiger partial charge in [-0.05, 0) is 29.3 Å². The van der Waals surface area contributed by atoms with E-state index >= 15 is 0 Å². The van der Waals surface area contributed by atoms with E-state index in [1.54, 1.807) is 24.5 Å². The molecule has 6 nitrogen and oxygen atoms in total. The van der Waals surface area contributed by atoms with Crippen molar-refractivity contribution in [3.63, 3.8) is 0 Å². The molecule has 0 saturated carbocycles. The number of ether oxygens (including phenoxy) is 1. The first-order valence-corrected chi connectivity index (χ1v) is 8.42. The second-order valence-corrected chi connectivity index (χ2v) is 6.27. The summed E-state index contributed by atoms with van der Waals surface area (Å²) >= 11 is 0. The summed E-state index contributed by atoms with van der Waals surface area (Å²) in [7, 11) is 0. The Kier molecular flexibility index (Phi) is 4.50. The number of Topliss-reactive ketones (excluding diaryl/α,β-unsaturated/α-hetero) is 1. The molecule has 1 aromatic heterocycles. The molecule has 0 fully saturated rings. The molecule has 146 valence electrons. The van der Waals surface area contributed by atoms with Gasteiger partial charge in [0.1, 0.15) is 12.1 Å². The third-order valence-electron chi connectivity index (χ3n) is 4.36. The van der Waals surface area contributed by atoms with Gasteiger partial charge in [-0.3, -0.25) is 9.59 Å². The van der Waals surface area contributed by atoms with Crippen molar-refractivity contribution in [3.8, 4) is 16.9 Å². The number of carbonyl (C=O) groups is 2. The van der Waals surface area contributed by atoms with Gasteiger partial charge in [-0.15, -0.1) is 13.2 Å². The summed E-state index contributed by atoms with van der Waals surface area (Å²) in [6.07, 6.45) is -0.120. The average Bonchev–Trinajstić information content (AvgIpc) is 2.93. The van der Waals surface area contributed by atoms with E-state index in [4.69, 9.17) is 0 Å². The Balaban J connectivity index is 1.57. The Morgan fingerprint density at radius 2 is 1.62 bits per heavy atom. The zero-order valence-electron chi connectivity index (χ0n) is 14.7. The Morgan fingerprint density at radius 3 is 2.28 bits per heavy atom. The number of fused-ring (bicyclic) bond motifs is 1. The van der Waals surface area contributed by atoms with Gasteiger partial charge in [0.05, 0.1) is 17.8 Å². The minimum atomic E-state index is -4.88. The van der Waals surface area contributed by atoms with Gasteiger partial charge >= 0.3 is 6.36 Å². The van der Waals surface area contributed by atoms with Gasteiger partial charge in [0.25, 0.3) is 11.7 Å². The molecule has 0 N–H and O–H groups in total. The predicted molar refractivity (Wildman–Crippen MR) is 96.1 cm³/mol. The van der Waals surface area contributed by atoms with Gasteiger partial charge in [0, 0.05) is 18.0 Å². The molecule has 2 aromatic carbocycles. The Bertz CT molecular complexity index is 1080. The van der Waals surface area contributed by atoms with Gasteiger partial charge < -0.3 is 9.64 Å². The molecule has 0 spiro atoms. The lowest BCUT2D eigenvalue weighted by molar-refractivity contribution is -0.274. The maximum absolute atomic E-state index is 12.4. The van der Waals surface area contributed by atoms with Crippen LogP contribution >= 0.6 is 0 Å². The van der Waals surface area contributed by atoms with E-state index in [9.17, 15) is 22.8 Å². The van der Waals surface area contributed by atoms with Gasteiger partial charge in [-0.2, -0.15) is 0 Å². The van der Waals surface area contributed by atoms with Crippen molar-refractivity contribution in [2.24, 2.45) is 0 Å². The molecule has 3 aromatic rings. The molecule has 0 radical (unpaired) electrons. The topological polar surface area (TPSA) is 72.4 Å². The summed E-state index contributed by atoms with van der Waals surface area (Å²) in [5.41, 5.74) is 2.58. The number of hydrogen-bond donors (Lipinski definition) is 0. The molecular weight excluding hydrogens is 387 g/mol. The highest BCUT2D eigenvalue weighted by molar-refractivity contribution is 6.52. The number of halogens is 3. The van der Waals surface area contributed by atoms with Crippen LogP contribution in [0.4, 0.5) is 18.9 Å². The van der Waals surface area contributed by atoms with Crippen LogP contribution in [0.5, 0.6) is 5.75 Å². The van der Waals surface area contributed by atoms with Crippen molar-refractivity contribution in [3.05, 3.63) is 72.3 Å². The minimum absolute atomic E-state index is 0.0998. The lowest BCUT2D eigenvalue weighted by Crippen LogP contribution is -2.29. The normalized spacial score (nSPS) is 13.6. The van der Waals surface area contributed by atoms with Crippen LogP contribution in [0.25, 0.3) is 11.1 Å². The summed E-state index contributed by atoms with van der Waals surface area (Å²) in [6.45, 7) is 0.0998. The summed E-state index contributed by atoms with van der Waals surface area (Å²) in [5.74, 6) is -2.22. The van der Waals surface area contributed by atoms with Crippen molar-refractivity contribution in [1.82, 2.24) is 9.97 Å². The van der Waals surface area contributed by atoms with E-state index in [0.717, 1.165) is 28.8 Å². The molecule has 0 aliphatic carbocycles. The monoisotopic (exact) mass is 399 g/mol. The van der Waals surface area contributed by atoms with Crippen molar-refractivity contribution in [2.45, 2.75) is 12.9 Å². The number of hydrogen-bond acceptors (Lipinski definition) is 5. The molecular formula is C20H12F3N3O3. The number of carbonyl (C=O) groups excluding carboxylic acids is 2. The first-order valence-electron chi connectivity index (χ1n) is 8.42. The third-order valence-corrected chi connectivity index (χ3v) is 4.36. The smallest absolute Gasteiger partial charge is 0.406 e. The lowest BCUT2D eigenvalue weighted by atomic mass is 10.1. The van der Waals surface area contributed by atoms with Crippen LogP contribution in [-0.4, -0.2) is 28.0 Å². The number of benzene rings is 2. The summed E-state index contributed by atoms with van der Waals surface area (Å²) in [6, 6.07) is 10.5. The molecule has 0 saturated heterocycles. The largest absolute Gasteiger partial charge is 0.573 e. The van der Waals surface area contributed by atoms with Gasteiger partial charge in [-0.1, -0.05) is 24.3 Å². The van der Waals surface area contributed by atoms with E-state index < -0.39 is 23.8 Å². The van der Waals surface area contributed by atoms with Crippen molar-refractivity contribution in [2.75, 3.05) is 4.90 Å². The van der Waals surface area contributed by atoms with Gasteiger partial charge in [0.2, 0.25) is 0 Å². The molecule has 4 rings (SSSR count). The van der Waals surface area contributed by atoms with E-state index in [-0.39, 0.29) is 17.8 Å². The minimum Gasteiger partial charge on any atom is -0.406 e. The fourth-order valence-corrected chi connectivity index (χ4v) is 3.07. The van der Waals surface area contributed by atoms with Crippen molar-refractivity contribution >= 4 is 17.4 Å². The Morgan fingerprint density at radius 1 is 0.931 bits per heavy atom. The number of anilines is 1.